The molecular formula is C14H15ClN2. The third-order valence-electron chi connectivity index (χ3n) is 2.89. The Labute approximate surface area is 106 Å². The van der Waals surface area contributed by atoms with E-state index < -0.39 is 0 Å². The highest BCUT2D eigenvalue weighted by atomic mass is 35.5. The summed E-state index contributed by atoms with van der Waals surface area (Å²) in [6.45, 7) is 2.00. The molecular weight excluding hydrogens is 232 g/mol. The number of nitrogens with two attached hydrogens (primary N) is 1. The van der Waals surface area contributed by atoms with Crippen molar-refractivity contribution in [3.05, 3.63) is 64.4 Å². The van der Waals surface area contributed by atoms with E-state index in [0.29, 0.717) is 0 Å². The molecule has 88 valence electrons. The van der Waals surface area contributed by atoms with Gasteiger partial charge < -0.3 is 5.73 Å². The van der Waals surface area contributed by atoms with Crippen LogP contribution < -0.4 is 5.73 Å². The second-order valence-corrected chi connectivity index (χ2v) is 4.53. The smallest absolute Gasteiger partial charge is 0.0438 e. The van der Waals surface area contributed by atoms with Crippen LogP contribution >= 0.6 is 11.6 Å². The van der Waals surface area contributed by atoms with Gasteiger partial charge >= 0.3 is 0 Å². The lowest BCUT2D eigenvalue weighted by Gasteiger charge is -2.15. The fourth-order valence-electron chi connectivity index (χ4n) is 1.91. The molecule has 0 saturated carbocycles. The monoisotopic (exact) mass is 246 g/mol. The molecule has 0 bridgehead atoms. The summed E-state index contributed by atoms with van der Waals surface area (Å²) in [5.41, 5.74) is 9.51. The van der Waals surface area contributed by atoms with Gasteiger partial charge in [-0.25, -0.2) is 0 Å². The van der Waals surface area contributed by atoms with Crippen LogP contribution in [-0.2, 0) is 6.42 Å². The van der Waals surface area contributed by atoms with E-state index in [1.807, 2.05) is 43.5 Å². The molecule has 0 radical (unpaired) electrons. The number of pyridine rings is 1. The van der Waals surface area contributed by atoms with E-state index >= 15 is 0 Å². The number of benzene rings is 1. The summed E-state index contributed by atoms with van der Waals surface area (Å²) in [5, 5.41) is 0.768. The molecule has 0 saturated heterocycles. The lowest BCUT2D eigenvalue weighted by atomic mass is 9.97. The van der Waals surface area contributed by atoms with Crippen LogP contribution in [0.3, 0.4) is 0 Å². The van der Waals surface area contributed by atoms with Crippen LogP contribution in [0.1, 0.15) is 22.7 Å². The first-order valence-corrected chi connectivity index (χ1v) is 5.96. The highest BCUT2D eigenvalue weighted by Gasteiger charge is 2.11. The number of aromatic nitrogens is 1. The zero-order chi connectivity index (χ0) is 12.3. The number of halogens is 1. The van der Waals surface area contributed by atoms with E-state index in [1.165, 1.54) is 0 Å². The largest absolute Gasteiger partial charge is 0.324 e. The number of hydrogen-bond donors (Lipinski definition) is 1. The maximum atomic E-state index is 6.21. The van der Waals surface area contributed by atoms with E-state index in [9.17, 15) is 0 Å². The van der Waals surface area contributed by atoms with Crippen molar-refractivity contribution >= 4 is 11.6 Å². The summed E-state index contributed by atoms with van der Waals surface area (Å²) < 4.78 is 0. The fraction of sp³-hybridized carbons (Fsp3) is 0.214. The van der Waals surface area contributed by atoms with E-state index in [-0.39, 0.29) is 6.04 Å². The van der Waals surface area contributed by atoms with Crippen LogP contribution in [0.2, 0.25) is 5.02 Å². The highest BCUT2D eigenvalue weighted by molar-refractivity contribution is 6.31. The Kier molecular flexibility index (Phi) is 3.77. The van der Waals surface area contributed by atoms with Crippen molar-refractivity contribution in [3.8, 4) is 0 Å². The maximum Gasteiger partial charge on any atom is 0.0438 e. The minimum Gasteiger partial charge on any atom is -0.324 e. The molecule has 0 aliphatic carbocycles. The van der Waals surface area contributed by atoms with Crippen LogP contribution in [0, 0.1) is 6.92 Å². The van der Waals surface area contributed by atoms with Crippen molar-refractivity contribution in [2.45, 2.75) is 19.4 Å². The molecule has 2 N–H and O–H groups in total. The van der Waals surface area contributed by atoms with Crippen LogP contribution in [0.25, 0.3) is 0 Å². The first-order valence-electron chi connectivity index (χ1n) is 5.58. The molecule has 3 heteroatoms. The third kappa shape index (κ3) is 2.84. The lowest BCUT2D eigenvalue weighted by Crippen LogP contribution is -2.14. The van der Waals surface area contributed by atoms with Crippen molar-refractivity contribution < 1.29 is 0 Å². The molecule has 1 atom stereocenters. The van der Waals surface area contributed by atoms with Crippen molar-refractivity contribution in [1.29, 1.82) is 0 Å². The zero-order valence-electron chi connectivity index (χ0n) is 9.73. The summed E-state index contributed by atoms with van der Waals surface area (Å²) >= 11 is 6.09. The van der Waals surface area contributed by atoms with Gasteiger partial charge in [0.05, 0.1) is 0 Å². The molecule has 0 aliphatic heterocycles. The summed E-state index contributed by atoms with van der Waals surface area (Å²) in [6, 6.07) is 9.77. The second-order valence-electron chi connectivity index (χ2n) is 4.13. The van der Waals surface area contributed by atoms with E-state index in [4.69, 9.17) is 17.3 Å². The molecule has 2 aromatic rings. The number of nitrogens with zero attached hydrogens (tertiary/aromatic N) is 1. The summed E-state index contributed by atoms with van der Waals surface area (Å²) in [5.74, 6) is 0. The molecule has 0 fully saturated rings. The van der Waals surface area contributed by atoms with Gasteiger partial charge in [0.25, 0.3) is 0 Å². The summed E-state index contributed by atoms with van der Waals surface area (Å²) in [7, 11) is 0. The normalized spacial score (nSPS) is 12.4. The SMILES string of the molecule is Cc1c(Cl)cccc1C(N)Cc1cccnc1. The number of hydrogen-bond acceptors (Lipinski definition) is 2. The Bertz CT molecular complexity index is 497. The van der Waals surface area contributed by atoms with Gasteiger partial charge in [-0.2, -0.15) is 0 Å². The predicted molar refractivity (Wildman–Crippen MR) is 71.1 cm³/mol. The molecule has 2 rings (SSSR count). The third-order valence-corrected chi connectivity index (χ3v) is 3.30. The van der Waals surface area contributed by atoms with Gasteiger partial charge in [0.15, 0.2) is 0 Å². The van der Waals surface area contributed by atoms with Gasteiger partial charge in [0.1, 0.15) is 0 Å². The van der Waals surface area contributed by atoms with E-state index in [1.54, 1.807) is 6.20 Å². The zero-order valence-corrected chi connectivity index (χ0v) is 10.5. The molecule has 1 heterocycles. The molecule has 0 aliphatic rings. The van der Waals surface area contributed by atoms with E-state index in [0.717, 1.165) is 28.1 Å². The van der Waals surface area contributed by atoms with Crippen molar-refractivity contribution in [3.63, 3.8) is 0 Å². The Balaban J connectivity index is 2.20. The van der Waals surface area contributed by atoms with Gasteiger partial charge in [-0.3, -0.25) is 4.98 Å². The summed E-state index contributed by atoms with van der Waals surface area (Å²) in [4.78, 5) is 4.09. The molecule has 1 aromatic carbocycles. The quantitative estimate of drug-likeness (QED) is 0.903. The molecule has 0 spiro atoms. The average molecular weight is 247 g/mol. The Morgan fingerprint density at radius 1 is 1.29 bits per heavy atom. The Morgan fingerprint density at radius 3 is 2.82 bits per heavy atom. The van der Waals surface area contributed by atoms with Crippen LogP contribution in [0.5, 0.6) is 0 Å². The number of rotatable bonds is 3. The molecule has 0 amide bonds. The lowest BCUT2D eigenvalue weighted by molar-refractivity contribution is 0.714. The van der Waals surface area contributed by atoms with Crippen LogP contribution in [-0.4, -0.2) is 4.98 Å². The second kappa shape index (κ2) is 5.30. The Hall–Kier alpha value is -1.38. The van der Waals surface area contributed by atoms with Gasteiger partial charge in [-0.15, -0.1) is 0 Å². The van der Waals surface area contributed by atoms with Gasteiger partial charge in [-0.05, 0) is 42.2 Å². The minimum absolute atomic E-state index is 0.0436. The summed E-state index contributed by atoms with van der Waals surface area (Å²) in [6.07, 6.45) is 4.38. The predicted octanol–water partition coefficient (Wildman–Crippen LogP) is 3.29. The standard InChI is InChI=1S/C14H15ClN2/c1-10-12(5-2-6-13(10)15)14(16)8-11-4-3-7-17-9-11/h2-7,9,14H,8,16H2,1H3. The van der Waals surface area contributed by atoms with Crippen molar-refractivity contribution in [2.75, 3.05) is 0 Å². The Morgan fingerprint density at radius 2 is 2.12 bits per heavy atom. The molecule has 2 nitrogen and oxygen atoms in total. The fourth-order valence-corrected chi connectivity index (χ4v) is 2.09. The molecule has 1 unspecified atom stereocenters. The van der Waals surface area contributed by atoms with Crippen molar-refractivity contribution in [2.24, 2.45) is 5.73 Å². The van der Waals surface area contributed by atoms with Crippen molar-refractivity contribution in [1.82, 2.24) is 4.98 Å². The first kappa shape index (κ1) is 12.1. The van der Waals surface area contributed by atoms with Gasteiger partial charge in [-0.1, -0.05) is 29.8 Å². The van der Waals surface area contributed by atoms with Crippen LogP contribution in [0.4, 0.5) is 0 Å². The highest BCUT2D eigenvalue weighted by Crippen LogP contribution is 2.24. The van der Waals surface area contributed by atoms with Crippen LogP contribution in [0.15, 0.2) is 42.7 Å². The van der Waals surface area contributed by atoms with Gasteiger partial charge in [0, 0.05) is 23.5 Å². The molecule has 1 aromatic heterocycles. The average Bonchev–Trinajstić information content (AvgIpc) is 2.34. The minimum atomic E-state index is -0.0436. The maximum absolute atomic E-state index is 6.21. The van der Waals surface area contributed by atoms with Gasteiger partial charge in [0.2, 0.25) is 0 Å². The van der Waals surface area contributed by atoms with E-state index in [2.05, 4.69) is 4.98 Å². The topological polar surface area (TPSA) is 38.9 Å². The molecule has 17 heavy (non-hydrogen) atoms. The first-order chi connectivity index (χ1) is 8.18.